The van der Waals surface area contributed by atoms with Crippen molar-refractivity contribution < 1.29 is 4.74 Å². The van der Waals surface area contributed by atoms with Gasteiger partial charge in [0.1, 0.15) is 0 Å². The molecule has 1 aliphatic heterocycles. The summed E-state index contributed by atoms with van der Waals surface area (Å²) < 4.78 is 8.64. The Labute approximate surface area is 117 Å². The van der Waals surface area contributed by atoms with Gasteiger partial charge in [0.25, 0.3) is 0 Å². The first-order valence-electron chi connectivity index (χ1n) is 6.00. The zero-order chi connectivity index (χ0) is 12.8. The molecule has 1 heterocycles. The molecule has 100 valence electrons. The Morgan fingerprint density at radius 2 is 2.17 bits per heavy atom. The average molecular weight is 288 g/mol. The van der Waals surface area contributed by atoms with E-state index in [1.54, 1.807) is 11.9 Å². The minimum Gasteiger partial charge on any atom is -0.398 e. The minimum absolute atomic E-state index is 0.606. The lowest BCUT2D eigenvalue weighted by Gasteiger charge is -2.26. The fraction of sp³-hybridized carbons (Fsp3) is 0.500. The van der Waals surface area contributed by atoms with Gasteiger partial charge in [-0.2, -0.15) is 0 Å². The third-order valence-corrected chi connectivity index (χ3v) is 3.96. The molecular formula is C12H18ClN3OS. The summed E-state index contributed by atoms with van der Waals surface area (Å²) in [6.45, 7) is 5.73. The van der Waals surface area contributed by atoms with Crippen LogP contribution in [0.1, 0.15) is 0 Å². The number of nitrogen functional groups attached to an aromatic ring is 1. The Hall–Kier alpha value is -0.460. The van der Waals surface area contributed by atoms with Gasteiger partial charge in [0.15, 0.2) is 0 Å². The molecule has 0 bridgehead atoms. The first kappa shape index (κ1) is 14.0. The highest BCUT2D eigenvalue weighted by Crippen LogP contribution is 2.24. The lowest BCUT2D eigenvalue weighted by molar-refractivity contribution is 0.0391. The lowest BCUT2D eigenvalue weighted by Crippen LogP contribution is -2.39. The standard InChI is InChI=1S/C12H18ClN3OS/c13-11-9-10(1-2-12(11)14)18-15-3-4-16-5-7-17-8-6-16/h1-2,9,15H,3-8,14H2. The molecule has 18 heavy (non-hydrogen) atoms. The monoisotopic (exact) mass is 287 g/mol. The van der Waals surface area contributed by atoms with Crippen LogP contribution in [0.5, 0.6) is 0 Å². The summed E-state index contributed by atoms with van der Waals surface area (Å²) in [6, 6.07) is 5.67. The molecule has 3 N–H and O–H groups in total. The van der Waals surface area contributed by atoms with Crippen molar-refractivity contribution in [1.29, 1.82) is 0 Å². The second-order valence-corrected chi connectivity index (χ2v) is 5.51. The van der Waals surface area contributed by atoms with E-state index in [4.69, 9.17) is 22.1 Å². The molecule has 2 rings (SSSR count). The van der Waals surface area contributed by atoms with E-state index in [-0.39, 0.29) is 0 Å². The van der Waals surface area contributed by atoms with Crippen LogP contribution < -0.4 is 10.5 Å². The molecule has 0 atom stereocenters. The van der Waals surface area contributed by atoms with E-state index in [1.807, 2.05) is 18.2 Å². The second-order valence-electron chi connectivity index (χ2n) is 4.13. The van der Waals surface area contributed by atoms with E-state index < -0.39 is 0 Å². The SMILES string of the molecule is Nc1ccc(SNCCN2CCOCC2)cc1Cl. The molecule has 1 fully saturated rings. The highest BCUT2D eigenvalue weighted by molar-refractivity contribution is 7.97. The Kier molecular flexibility index (Phi) is 5.59. The molecule has 0 saturated carbocycles. The van der Waals surface area contributed by atoms with Gasteiger partial charge in [-0.15, -0.1) is 0 Å². The smallest absolute Gasteiger partial charge is 0.0647 e. The van der Waals surface area contributed by atoms with Crippen LogP contribution in [0.25, 0.3) is 0 Å². The quantitative estimate of drug-likeness (QED) is 0.492. The molecule has 0 aromatic heterocycles. The first-order valence-corrected chi connectivity index (χ1v) is 7.20. The number of halogens is 1. The highest BCUT2D eigenvalue weighted by Gasteiger charge is 2.09. The van der Waals surface area contributed by atoms with Crippen LogP contribution in [0, 0.1) is 0 Å². The number of benzene rings is 1. The van der Waals surface area contributed by atoms with E-state index in [1.165, 1.54) is 0 Å². The van der Waals surface area contributed by atoms with Crippen molar-refractivity contribution in [3.05, 3.63) is 23.2 Å². The van der Waals surface area contributed by atoms with Crippen LogP contribution in [0.3, 0.4) is 0 Å². The van der Waals surface area contributed by atoms with E-state index in [2.05, 4.69) is 9.62 Å². The van der Waals surface area contributed by atoms with E-state index in [0.717, 1.165) is 44.3 Å². The van der Waals surface area contributed by atoms with Crippen molar-refractivity contribution in [2.24, 2.45) is 0 Å². The van der Waals surface area contributed by atoms with Gasteiger partial charge >= 0.3 is 0 Å². The summed E-state index contributed by atoms with van der Waals surface area (Å²) in [5, 5.41) is 0.606. The molecule has 0 amide bonds. The van der Waals surface area contributed by atoms with Crippen LogP contribution in [0.2, 0.25) is 5.02 Å². The fourth-order valence-corrected chi connectivity index (χ4v) is 2.65. The van der Waals surface area contributed by atoms with Crippen LogP contribution in [-0.2, 0) is 4.74 Å². The molecule has 0 radical (unpaired) electrons. The Morgan fingerprint density at radius 3 is 2.89 bits per heavy atom. The predicted molar refractivity (Wildman–Crippen MR) is 77.0 cm³/mol. The summed E-state index contributed by atoms with van der Waals surface area (Å²) in [4.78, 5) is 3.48. The van der Waals surface area contributed by atoms with Gasteiger partial charge in [0.05, 0.1) is 23.9 Å². The Morgan fingerprint density at radius 1 is 1.39 bits per heavy atom. The number of rotatable bonds is 5. The molecule has 6 heteroatoms. The normalized spacial score (nSPS) is 16.9. The molecule has 1 saturated heterocycles. The maximum atomic E-state index is 5.96. The molecular weight excluding hydrogens is 270 g/mol. The van der Waals surface area contributed by atoms with Crippen molar-refractivity contribution in [2.75, 3.05) is 45.1 Å². The van der Waals surface area contributed by atoms with Crippen molar-refractivity contribution >= 4 is 29.2 Å². The Balaban J connectivity index is 1.66. The molecule has 0 unspecified atom stereocenters. The van der Waals surface area contributed by atoms with Crippen LogP contribution >= 0.6 is 23.5 Å². The summed E-state index contributed by atoms with van der Waals surface area (Å²) in [5.41, 5.74) is 6.28. The zero-order valence-corrected chi connectivity index (χ0v) is 11.8. The van der Waals surface area contributed by atoms with Crippen LogP contribution in [0.15, 0.2) is 23.1 Å². The summed E-state index contributed by atoms with van der Waals surface area (Å²) in [5.74, 6) is 0. The van der Waals surface area contributed by atoms with Gasteiger partial charge in [-0.05, 0) is 30.1 Å². The summed E-state index contributed by atoms with van der Waals surface area (Å²) in [6.07, 6.45) is 0. The number of nitrogens with two attached hydrogens (primary N) is 1. The molecule has 1 aliphatic rings. The third kappa shape index (κ3) is 4.33. The molecule has 0 aliphatic carbocycles. The number of hydrogen-bond donors (Lipinski definition) is 2. The molecule has 1 aromatic rings. The largest absolute Gasteiger partial charge is 0.398 e. The van der Waals surface area contributed by atoms with Gasteiger partial charge in [-0.1, -0.05) is 11.6 Å². The maximum Gasteiger partial charge on any atom is 0.0647 e. The number of hydrogen-bond acceptors (Lipinski definition) is 5. The average Bonchev–Trinajstić information content (AvgIpc) is 2.40. The first-order chi connectivity index (χ1) is 8.75. The minimum atomic E-state index is 0.606. The van der Waals surface area contributed by atoms with Crippen molar-refractivity contribution in [3.63, 3.8) is 0 Å². The topological polar surface area (TPSA) is 50.5 Å². The van der Waals surface area contributed by atoms with Gasteiger partial charge < -0.3 is 10.5 Å². The zero-order valence-electron chi connectivity index (χ0n) is 10.2. The summed E-state index contributed by atoms with van der Waals surface area (Å²) >= 11 is 7.54. The number of morpholine rings is 1. The number of ether oxygens (including phenoxy) is 1. The van der Waals surface area contributed by atoms with Gasteiger partial charge in [0.2, 0.25) is 0 Å². The molecule has 0 spiro atoms. The van der Waals surface area contributed by atoms with Crippen molar-refractivity contribution in [3.8, 4) is 0 Å². The van der Waals surface area contributed by atoms with Crippen LogP contribution in [-0.4, -0.2) is 44.3 Å². The van der Waals surface area contributed by atoms with E-state index in [0.29, 0.717) is 10.7 Å². The highest BCUT2D eigenvalue weighted by atomic mass is 35.5. The number of anilines is 1. The van der Waals surface area contributed by atoms with Crippen molar-refractivity contribution in [1.82, 2.24) is 9.62 Å². The Bertz CT molecular complexity index is 386. The predicted octanol–water partition coefficient (Wildman–Crippen LogP) is 1.85. The maximum absolute atomic E-state index is 5.96. The van der Waals surface area contributed by atoms with E-state index >= 15 is 0 Å². The fourth-order valence-electron chi connectivity index (χ4n) is 1.73. The van der Waals surface area contributed by atoms with Gasteiger partial charge in [-0.25, -0.2) is 0 Å². The third-order valence-electron chi connectivity index (χ3n) is 2.80. The van der Waals surface area contributed by atoms with Gasteiger partial charge in [0, 0.05) is 31.1 Å². The molecule has 4 nitrogen and oxygen atoms in total. The lowest BCUT2D eigenvalue weighted by atomic mass is 10.3. The van der Waals surface area contributed by atoms with Crippen molar-refractivity contribution in [2.45, 2.75) is 4.90 Å². The summed E-state index contributed by atoms with van der Waals surface area (Å²) in [7, 11) is 0. The number of nitrogens with zero attached hydrogens (tertiary/aromatic N) is 1. The second kappa shape index (κ2) is 7.21. The van der Waals surface area contributed by atoms with Crippen LogP contribution in [0.4, 0.5) is 5.69 Å². The van der Waals surface area contributed by atoms with Gasteiger partial charge in [-0.3, -0.25) is 9.62 Å². The van der Waals surface area contributed by atoms with E-state index in [9.17, 15) is 0 Å². The number of nitrogens with one attached hydrogen (secondary N) is 1. The molecule has 1 aromatic carbocycles.